The predicted molar refractivity (Wildman–Crippen MR) is 105 cm³/mol. The lowest BCUT2D eigenvalue weighted by atomic mass is 10.2. The first-order chi connectivity index (χ1) is 13.3. The number of aromatic nitrogens is 1. The van der Waals surface area contributed by atoms with Crippen LogP contribution in [0.15, 0.2) is 28.5 Å². The van der Waals surface area contributed by atoms with E-state index in [-0.39, 0.29) is 50.2 Å². The number of morpholine rings is 1. The average Bonchev–Trinajstić information content (AvgIpc) is 3.12. The summed E-state index contributed by atoms with van der Waals surface area (Å²) in [6.45, 7) is 4.92. The minimum Gasteiger partial charge on any atom is -0.379 e. The summed E-state index contributed by atoms with van der Waals surface area (Å²) in [6.07, 6.45) is 0.0617. The Labute approximate surface area is 167 Å². The molecule has 7 nitrogen and oxygen atoms in total. The number of nitrogens with zero attached hydrogens (tertiary/aromatic N) is 2. The van der Waals surface area contributed by atoms with Crippen molar-refractivity contribution in [1.82, 2.24) is 9.29 Å². The van der Waals surface area contributed by atoms with Crippen molar-refractivity contribution < 1.29 is 22.3 Å². The molecule has 28 heavy (non-hydrogen) atoms. The smallest absolute Gasteiger partial charge is 0.246 e. The summed E-state index contributed by atoms with van der Waals surface area (Å²) < 4.78 is 46.0. The van der Waals surface area contributed by atoms with Crippen LogP contribution < -0.4 is 5.32 Å². The second-order valence-corrected chi connectivity index (χ2v) is 9.51. The molecule has 1 aromatic heterocycles. The lowest BCUT2D eigenvalue weighted by Gasteiger charge is -2.26. The van der Waals surface area contributed by atoms with Gasteiger partial charge >= 0.3 is 0 Å². The van der Waals surface area contributed by atoms with Crippen molar-refractivity contribution in [2.75, 3.05) is 31.6 Å². The fraction of sp³-hybridized carbons (Fsp3) is 0.444. The molecule has 3 rings (SSSR count). The van der Waals surface area contributed by atoms with Crippen LogP contribution in [0.1, 0.15) is 30.5 Å². The number of carbonyl (C=O) groups is 1. The Kier molecular flexibility index (Phi) is 6.43. The number of amides is 1. The highest BCUT2D eigenvalue weighted by Crippen LogP contribution is 2.24. The summed E-state index contributed by atoms with van der Waals surface area (Å²) in [5, 5.41) is 5.40. The van der Waals surface area contributed by atoms with Gasteiger partial charge < -0.3 is 10.1 Å². The van der Waals surface area contributed by atoms with Gasteiger partial charge in [-0.15, -0.1) is 11.3 Å². The van der Waals surface area contributed by atoms with Crippen LogP contribution >= 0.6 is 11.3 Å². The van der Waals surface area contributed by atoms with E-state index >= 15 is 0 Å². The number of hydrogen-bond donors (Lipinski definition) is 1. The molecule has 0 unspecified atom stereocenters. The third kappa shape index (κ3) is 4.75. The van der Waals surface area contributed by atoms with E-state index in [1.165, 1.54) is 21.7 Å². The number of ether oxygens (including phenoxy) is 1. The third-order valence-electron chi connectivity index (χ3n) is 4.21. The maximum atomic E-state index is 14.2. The molecule has 0 aliphatic carbocycles. The number of halogens is 1. The van der Waals surface area contributed by atoms with Crippen LogP contribution in [0, 0.1) is 5.82 Å². The lowest BCUT2D eigenvalue weighted by Crippen LogP contribution is -2.40. The van der Waals surface area contributed by atoms with Crippen LogP contribution in [-0.2, 0) is 26.0 Å². The molecule has 0 spiro atoms. The molecule has 0 saturated carbocycles. The molecule has 1 saturated heterocycles. The zero-order valence-electron chi connectivity index (χ0n) is 15.6. The first-order valence-corrected chi connectivity index (χ1v) is 11.2. The second-order valence-electron chi connectivity index (χ2n) is 6.72. The van der Waals surface area contributed by atoms with Crippen LogP contribution in [0.5, 0.6) is 0 Å². The second kappa shape index (κ2) is 8.64. The van der Waals surface area contributed by atoms with Crippen molar-refractivity contribution in [2.45, 2.75) is 31.1 Å². The Balaban J connectivity index is 1.74. The van der Waals surface area contributed by atoms with Gasteiger partial charge in [0.2, 0.25) is 15.9 Å². The van der Waals surface area contributed by atoms with Crippen LogP contribution in [-0.4, -0.2) is 49.9 Å². The molecule has 2 aromatic rings. The van der Waals surface area contributed by atoms with Gasteiger partial charge in [-0.2, -0.15) is 4.31 Å². The maximum Gasteiger partial charge on any atom is 0.246 e. The highest BCUT2D eigenvalue weighted by atomic mass is 32.2. The number of nitrogens with one attached hydrogen (secondary N) is 1. The van der Waals surface area contributed by atoms with E-state index in [4.69, 9.17) is 4.74 Å². The Morgan fingerprint density at radius 3 is 2.71 bits per heavy atom. The van der Waals surface area contributed by atoms with E-state index in [1.807, 2.05) is 19.2 Å². The van der Waals surface area contributed by atoms with E-state index in [2.05, 4.69) is 10.3 Å². The van der Waals surface area contributed by atoms with Gasteiger partial charge in [-0.25, -0.2) is 17.8 Å². The zero-order chi connectivity index (χ0) is 20.3. The first kappa shape index (κ1) is 20.8. The number of benzene rings is 1. The summed E-state index contributed by atoms with van der Waals surface area (Å²) in [5.74, 6) is -0.917. The van der Waals surface area contributed by atoms with Gasteiger partial charge in [0.25, 0.3) is 0 Å². The van der Waals surface area contributed by atoms with Crippen LogP contribution in [0.2, 0.25) is 0 Å². The number of anilines is 1. The summed E-state index contributed by atoms with van der Waals surface area (Å²) in [7, 11) is -4.00. The van der Waals surface area contributed by atoms with Gasteiger partial charge in [-0.1, -0.05) is 13.8 Å². The molecular weight excluding hydrogens is 405 g/mol. The number of carbonyl (C=O) groups excluding carboxylic acids is 1. The largest absolute Gasteiger partial charge is 0.379 e. The third-order valence-corrected chi connectivity index (χ3v) is 7.32. The molecule has 1 N–H and O–H groups in total. The van der Waals surface area contributed by atoms with Gasteiger partial charge in [0.1, 0.15) is 10.7 Å². The molecular formula is C18H22FN3O4S2. The van der Waals surface area contributed by atoms with Crippen LogP contribution in [0.4, 0.5) is 10.1 Å². The Bertz CT molecular complexity index is 953. The average molecular weight is 428 g/mol. The van der Waals surface area contributed by atoms with Gasteiger partial charge in [-0.05, 0) is 18.2 Å². The van der Waals surface area contributed by atoms with E-state index < -0.39 is 20.7 Å². The Morgan fingerprint density at radius 1 is 1.36 bits per heavy atom. The molecule has 0 bridgehead atoms. The van der Waals surface area contributed by atoms with Gasteiger partial charge in [0, 0.05) is 30.1 Å². The molecule has 2 heterocycles. The standard InChI is InChI=1S/C18H22FN3O4S2/c1-12(2)18-21-14(11-27-18)10-17(23)20-13-3-4-15(19)16(9-13)28(24,25)22-5-7-26-8-6-22/h3-4,9,11-12H,5-8,10H2,1-2H3,(H,20,23). The predicted octanol–water partition coefficient (Wildman–Crippen LogP) is 2.61. The number of hydrogen-bond acceptors (Lipinski definition) is 6. The molecule has 152 valence electrons. The van der Waals surface area contributed by atoms with Crippen molar-refractivity contribution in [2.24, 2.45) is 0 Å². The topological polar surface area (TPSA) is 88.6 Å². The quantitative estimate of drug-likeness (QED) is 0.766. The van der Waals surface area contributed by atoms with Gasteiger partial charge in [0.15, 0.2) is 0 Å². The number of thiazole rings is 1. The van der Waals surface area contributed by atoms with E-state index in [1.54, 1.807) is 0 Å². The summed E-state index contributed by atoms with van der Waals surface area (Å²) in [4.78, 5) is 16.2. The fourth-order valence-corrected chi connectivity index (χ4v) is 5.08. The summed E-state index contributed by atoms with van der Waals surface area (Å²) >= 11 is 1.49. The molecule has 1 aliphatic rings. The lowest BCUT2D eigenvalue weighted by molar-refractivity contribution is -0.115. The van der Waals surface area contributed by atoms with Crippen LogP contribution in [0.3, 0.4) is 0 Å². The maximum absolute atomic E-state index is 14.2. The van der Waals surface area contributed by atoms with Gasteiger partial charge in [0.05, 0.1) is 30.3 Å². The first-order valence-electron chi connectivity index (χ1n) is 8.89. The van der Waals surface area contributed by atoms with E-state index in [0.717, 1.165) is 17.1 Å². The van der Waals surface area contributed by atoms with Crippen LogP contribution in [0.25, 0.3) is 0 Å². The molecule has 1 amide bonds. The molecule has 0 atom stereocenters. The zero-order valence-corrected chi connectivity index (χ0v) is 17.3. The summed E-state index contributed by atoms with van der Waals surface area (Å²) in [5.41, 5.74) is 0.868. The van der Waals surface area contributed by atoms with Crippen molar-refractivity contribution in [3.05, 3.63) is 40.1 Å². The highest BCUT2D eigenvalue weighted by Gasteiger charge is 2.29. The van der Waals surface area contributed by atoms with Gasteiger partial charge in [-0.3, -0.25) is 4.79 Å². The number of rotatable bonds is 6. The van der Waals surface area contributed by atoms with Crippen molar-refractivity contribution >= 4 is 33.0 Å². The van der Waals surface area contributed by atoms with E-state index in [0.29, 0.717) is 5.69 Å². The fourth-order valence-electron chi connectivity index (χ4n) is 2.74. The molecule has 0 radical (unpaired) electrons. The molecule has 1 aromatic carbocycles. The normalized spacial score (nSPS) is 15.7. The monoisotopic (exact) mass is 427 g/mol. The Hall–Kier alpha value is -1.88. The minimum absolute atomic E-state index is 0.0617. The number of sulfonamides is 1. The van der Waals surface area contributed by atoms with Crippen molar-refractivity contribution in [3.63, 3.8) is 0 Å². The van der Waals surface area contributed by atoms with E-state index in [9.17, 15) is 17.6 Å². The molecule has 1 aliphatic heterocycles. The highest BCUT2D eigenvalue weighted by molar-refractivity contribution is 7.89. The minimum atomic E-state index is -4.00. The molecule has 1 fully saturated rings. The van der Waals surface area contributed by atoms with Crippen molar-refractivity contribution in [1.29, 1.82) is 0 Å². The molecule has 10 heteroatoms. The van der Waals surface area contributed by atoms with Crippen molar-refractivity contribution in [3.8, 4) is 0 Å². The SMILES string of the molecule is CC(C)c1nc(CC(=O)Nc2ccc(F)c(S(=O)(=O)N3CCOCC3)c2)cs1. The summed E-state index contributed by atoms with van der Waals surface area (Å²) in [6, 6.07) is 3.54. The Morgan fingerprint density at radius 2 is 2.07 bits per heavy atom.